The van der Waals surface area contributed by atoms with Crippen molar-refractivity contribution in [2.45, 2.75) is 31.3 Å². The summed E-state index contributed by atoms with van der Waals surface area (Å²) < 4.78 is 23.6. The molecule has 0 spiro atoms. The van der Waals surface area contributed by atoms with Crippen molar-refractivity contribution in [1.82, 2.24) is 10.2 Å². The monoisotopic (exact) mass is 272 g/mol. The zero-order valence-corrected chi connectivity index (χ0v) is 11.4. The molecule has 4 unspecified atom stereocenters. The van der Waals surface area contributed by atoms with E-state index in [2.05, 4.69) is 5.32 Å². The van der Waals surface area contributed by atoms with Crippen molar-refractivity contribution < 1.29 is 13.2 Å². The molecule has 1 amide bonds. The second-order valence-electron chi connectivity index (χ2n) is 5.79. The number of fused-ring (bicyclic) bond motifs is 1. The lowest BCUT2D eigenvalue weighted by atomic mass is 10.1. The third kappa shape index (κ3) is 2.05. The molecule has 18 heavy (non-hydrogen) atoms. The highest BCUT2D eigenvalue weighted by molar-refractivity contribution is 7.91. The van der Waals surface area contributed by atoms with E-state index in [1.165, 1.54) is 12.8 Å². The summed E-state index contributed by atoms with van der Waals surface area (Å²) in [4.78, 5) is 14.3. The predicted molar refractivity (Wildman–Crippen MR) is 67.8 cm³/mol. The second-order valence-corrected chi connectivity index (χ2v) is 8.02. The van der Waals surface area contributed by atoms with E-state index in [0.717, 1.165) is 12.3 Å². The molecular formula is C12H20N2O3S. The smallest absolute Gasteiger partial charge is 0.241 e. The number of carbonyl (C=O) groups is 1. The topological polar surface area (TPSA) is 66.5 Å². The summed E-state index contributed by atoms with van der Waals surface area (Å²) in [5, 5.41) is 2.86. The van der Waals surface area contributed by atoms with Crippen LogP contribution in [-0.2, 0) is 14.6 Å². The average molecular weight is 272 g/mol. The third-order valence-electron chi connectivity index (χ3n) is 4.70. The van der Waals surface area contributed by atoms with E-state index in [1.54, 1.807) is 7.05 Å². The average Bonchev–Trinajstić information content (AvgIpc) is 3.01. The van der Waals surface area contributed by atoms with Crippen LogP contribution in [0.5, 0.6) is 0 Å². The van der Waals surface area contributed by atoms with Gasteiger partial charge in [0, 0.05) is 12.6 Å². The molecule has 0 aromatic carbocycles. The number of hydrogen-bond donors (Lipinski definition) is 1. The molecule has 3 aliphatic rings. The van der Waals surface area contributed by atoms with Gasteiger partial charge < -0.3 is 10.2 Å². The minimum atomic E-state index is -3.10. The molecule has 1 heterocycles. The standard InChI is InChI=1S/C12H20N2O3S/c1-13-10-7-18(16,17)5-4-14(12(10)15)11-3-2-8-6-9(8)11/h8-11,13H,2-7H2,1H3. The van der Waals surface area contributed by atoms with Gasteiger partial charge in [0.2, 0.25) is 5.91 Å². The second kappa shape index (κ2) is 4.20. The van der Waals surface area contributed by atoms with E-state index in [9.17, 15) is 13.2 Å². The SMILES string of the molecule is CNC1CS(=O)(=O)CCN(C2CCC3CC32)C1=O. The minimum absolute atomic E-state index is 0.0175. The Morgan fingerprint density at radius 2 is 2.11 bits per heavy atom. The largest absolute Gasteiger partial charge is 0.337 e. The lowest BCUT2D eigenvalue weighted by molar-refractivity contribution is -0.135. The van der Waals surface area contributed by atoms with Crippen LogP contribution < -0.4 is 5.32 Å². The van der Waals surface area contributed by atoms with E-state index in [0.29, 0.717) is 18.5 Å². The van der Waals surface area contributed by atoms with E-state index in [1.807, 2.05) is 4.90 Å². The zero-order chi connectivity index (χ0) is 12.9. The predicted octanol–water partition coefficient (Wildman–Crippen LogP) is -0.370. The Balaban J connectivity index is 1.82. The molecule has 102 valence electrons. The molecular weight excluding hydrogens is 252 g/mol. The van der Waals surface area contributed by atoms with Gasteiger partial charge in [-0.25, -0.2) is 8.42 Å². The molecule has 0 bridgehead atoms. The molecule has 6 heteroatoms. The van der Waals surface area contributed by atoms with Crippen LogP contribution in [0.4, 0.5) is 0 Å². The lowest BCUT2D eigenvalue weighted by Crippen LogP contribution is -2.50. The molecule has 5 nitrogen and oxygen atoms in total. The van der Waals surface area contributed by atoms with Crippen LogP contribution in [0.25, 0.3) is 0 Å². The van der Waals surface area contributed by atoms with E-state index >= 15 is 0 Å². The van der Waals surface area contributed by atoms with Gasteiger partial charge in [-0.05, 0) is 38.1 Å². The maximum atomic E-state index is 12.4. The summed E-state index contributed by atoms with van der Waals surface area (Å²) in [7, 11) is -1.44. The molecule has 1 N–H and O–H groups in total. The quantitative estimate of drug-likeness (QED) is 0.745. The van der Waals surface area contributed by atoms with Crippen molar-refractivity contribution in [2.24, 2.45) is 11.8 Å². The first kappa shape index (κ1) is 12.4. The van der Waals surface area contributed by atoms with Crippen LogP contribution in [-0.4, -0.2) is 56.4 Å². The van der Waals surface area contributed by atoms with Gasteiger partial charge in [-0.15, -0.1) is 0 Å². The Hall–Kier alpha value is -0.620. The fourth-order valence-electron chi connectivity index (χ4n) is 3.55. The maximum Gasteiger partial charge on any atom is 0.241 e. The number of nitrogens with one attached hydrogen (secondary N) is 1. The van der Waals surface area contributed by atoms with E-state index in [4.69, 9.17) is 0 Å². The van der Waals surface area contributed by atoms with Crippen molar-refractivity contribution >= 4 is 15.7 Å². The van der Waals surface area contributed by atoms with Gasteiger partial charge >= 0.3 is 0 Å². The normalized spacial score (nSPS) is 42.5. The summed E-state index contributed by atoms with van der Waals surface area (Å²) in [5.74, 6) is 1.49. The van der Waals surface area contributed by atoms with Crippen LogP contribution in [0.15, 0.2) is 0 Å². The summed E-state index contributed by atoms with van der Waals surface area (Å²) in [6.07, 6.45) is 3.49. The van der Waals surface area contributed by atoms with Crippen LogP contribution in [0.2, 0.25) is 0 Å². The van der Waals surface area contributed by atoms with Gasteiger partial charge in [-0.2, -0.15) is 0 Å². The number of sulfone groups is 1. The molecule has 3 fully saturated rings. The number of amides is 1. The van der Waals surface area contributed by atoms with E-state index < -0.39 is 15.9 Å². The Bertz CT molecular complexity index is 462. The minimum Gasteiger partial charge on any atom is -0.337 e. The number of hydrogen-bond acceptors (Lipinski definition) is 4. The molecule has 4 atom stereocenters. The Kier molecular flexibility index (Phi) is 2.90. The highest BCUT2D eigenvalue weighted by Crippen LogP contribution is 2.53. The molecule has 0 aromatic heterocycles. The first-order chi connectivity index (χ1) is 8.52. The molecule has 0 aromatic rings. The zero-order valence-electron chi connectivity index (χ0n) is 10.6. The Morgan fingerprint density at radius 3 is 2.67 bits per heavy atom. The van der Waals surface area contributed by atoms with Crippen molar-refractivity contribution in [3.63, 3.8) is 0 Å². The fraction of sp³-hybridized carbons (Fsp3) is 0.917. The van der Waals surface area contributed by atoms with Crippen LogP contribution >= 0.6 is 0 Å². The lowest BCUT2D eigenvalue weighted by Gasteiger charge is -2.30. The van der Waals surface area contributed by atoms with Gasteiger partial charge in [-0.3, -0.25) is 4.79 Å². The number of nitrogens with zero attached hydrogens (tertiary/aromatic N) is 1. The van der Waals surface area contributed by atoms with Crippen molar-refractivity contribution in [2.75, 3.05) is 25.1 Å². The maximum absolute atomic E-state index is 12.4. The van der Waals surface area contributed by atoms with Gasteiger partial charge in [0.25, 0.3) is 0 Å². The van der Waals surface area contributed by atoms with Crippen molar-refractivity contribution in [3.05, 3.63) is 0 Å². The first-order valence-corrected chi connectivity index (χ1v) is 8.52. The molecule has 2 saturated carbocycles. The number of rotatable bonds is 2. The molecule has 0 radical (unpaired) electrons. The molecule has 1 saturated heterocycles. The van der Waals surface area contributed by atoms with E-state index in [-0.39, 0.29) is 17.4 Å². The molecule has 1 aliphatic heterocycles. The number of likely N-dealkylation sites (N-methyl/N-ethyl adjacent to an activating group) is 1. The molecule has 2 aliphatic carbocycles. The third-order valence-corrected chi connectivity index (χ3v) is 6.34. The van der Waals surface area contributed by atoms with Gasteiger partial charge in [0.15, 0.2) is 9.84 Å². The molecule has 3 rings (SSSR count). The number of carbonyl (C=O) groups excluding carboxylic acids is 1. The highest BCUT2D eigenvalue weighted by atomic mass is 32.2. The fourth-order valence-corrected chi connectivity index (χ4v) is 5.01. The van der Waals surface area contributed by atoms with Crippen LogP contribution in [0.3, 0.4) is 0 Å². The van der Waals surface area contributed by atoms with Gasteiger partial charge in [-0.1, -0.05) is 0 Å². The summed E-state index contributed by atoms with van der Waals surface area (Å²) in [5.41, 5.74) is 0. The van der Waals surface area contributed by atoms with Crippen molar-refractivity contribution in [1.29, 1.82) is 0 Å². The summed E-state index contributed by atoms with van der Waals surface area (Å²) >= 11 is 0. The highest BCUT2D eigenvalue weighted by Gasteiger charge is 2.52. The van der Waals surface area contributed by atoms with Crippen molar-refractivity contribution in [3.8, 4) is 0 Å². The summed E-state index contributed by atoms with van der Waals surface area (Å²) in [6.45, 7) is 0.382. The van der Waals surface area contributed by atoms with Gasteiger partial charge in [0.1, 0.15) is 6.04 Å². The summed E-state index contributed by atoms with van der Waals surface area (Å²) in [6, 6.07) is -0.262. The first-order valence-electron chi connectivity index (χ1n) is 6.70. The Morgan fingerprint density at radius 1 is 1.33 bits per heavy atom. The van der Waals surface area contributed by atoms with Crippen LogP contribution in [0.1, 0.15) is 19.3 Å². The van der Waals surface area contributed by atoms with Crippen LogP contribution in [0, 0.1) is 11.8 Å². The Labute approximate surface area is 108 Å². The van der Waals surface area contributed by atoms with Gasteiger partial charge in [0.05, 0.1) is 11.5 Å².